The Bertz CT molecular complexity index is 1440. The Kier molecular flexibility index (Phi) is 5.28. The van der Waals surface area contributed by atoms with E-state index >= 15 is 0 Å². The molecule has 0 amide bonds. The van der Waals surface area contributed by atoms with Crippen molar-refractivity contribution in [3.05, 3.63) is 95.0 Å². The fourth-order valence-electron chi connectivity index (χ4n) is 3.65. The molecule has 0 bridgehead atoms. The van der Waals surface area contributed by atoms with Crippen molar-refractivity contribution < 1.29 is 26.3 Å². The first-order valence-electron chi connectivity index (χ1n) is 10.1. The SMILES string of the molecule is [C-]#[N+]N=C1c2ncc(-c3ccc(C(F)(F)F)cc3)nc2-c2nc(-c3ccc(C(F)(F)F)cc3)cnc21. The van der Waals surface area contributed by atoms with Crippen molar-refractivity contribution in [1.29, 1.82) is 0 Å². The van der Waals surface area contributed by atoms with Crippen LogP contribution in [-0.4, -0.2) is 25.6 Å². The van der Waals surface area contributed by atoms with Gasteiger partial charge in [0.15, 0.2) is 0 Å². The summed E-state index contributed by atoms with van der Waals surface area (Å²) in [4.78, 5) is 20.6. The fourth-order valence-corrected chi connectivity index (χ4v) is 3.65. The maximum atomic E-state index is 12.9. The van der Waals surface area contributed by atoms with Crippen LogP contribution in [0.4, 0.5) is 26.3 Å². The lowest BCUT2D eigenvalue weighted by Crippen LogP contribution is -2.05. The number of halogens is 6. The summed E-state index contributed by atoms with van der Waals surface area (Å²) in [5, 5.41) is 3.74. The van der Waals surface area contributed by atoms with Gasteiger partial charge in [-0.15, -0.1) is 4.95 Å². The largest absolute Gasteiger partial charge is 0.416 e. The average molecular weight is 496 g/mol. The molecule has 0 radical (unpaired) electrons. The maximum absolute atomic E-state index is 12.9. The van der Waals surface area contributed by atoms with Gasteiger partial charge in [-0.05, 0) is 24.3 Å². The Labute approximate surface area is 198 Å². The van der Waals surface area contributed by atoms with Crippen LogP contribution in [0, 0.1) is 6.57 Å². The summed E-state index contributed by atoms with van der Waals surface area (Å²) >= 11 is 0. The summed E-state index contributed by atoms with van der Waals surface area (Å²) in [6, 6.07) is 8.72. The highest BCUT2D eigenvalue weighted by molar-refractivity contribution is 6.21. The summed E-state index contributed by atoms with van der Waals surface area (Å²) in [6.07, 6.45) is -6.31. The maximum Gasteiger partial charge on any atom is 0.416 e. The van der Waals surface area contributed by atoms with E-state index < -0.39 is 23.5 Å². The van der Waals surface area contributed by atoms with Crippen LogP contribution in [0.3, 0.4) is 0 Å². The third-order valence-electron chi connectivity index (χ3n) is 5.38. The Hall–Kier alpha value is -4.66. The molecule has 0 saturated heterocycles. The topological polar surface area (TPSA) is 68.3 Å². The summed E-state index contributed by atoms with van der Waals surface area (Å²) in [6.45, 7) is 7.10. The lowest BCUT2D eigenvalue weighted by molar-refractivity contribution is -0.138. The van der Waals surface area contributed by atoms with Crippen molar-refractivity contribution in [2.75, 3.05) is 0 Å². The van der Waals surface area contributed by atoms with Crippen molar-refractivity contribution >= 4 is 5.71 Å². The van der Waals surface area contributed by atoms with E-state index in [1.54, 1.807) is 0 Å². The van der Waals surface area contributed by atoms with E-state index in [2.05, 4.69) is 30.0 Å². The number of nitrogens with zero attached hydrogens (tertiary/aromatic N) is 6. The van der Waals surface area contributed by atoms with Gasteiger partial charge >= 0.3 is 12.4 Å². The second-order valence-electron chi connectivity index (χ2n) is 7.60. The van der Waals surface area contributed by atoms with Gasteiger partial charge < -0.3 is 0 Å². The van der Waals surface area contributed by atoms with E-state index in [9.17, 15) is 26.3 Å². The van der Waals surface area contributed by atoms with Crippen LogP contribution in [0.1, 0.15) is 22.5 Å². The fraction of sp³-hybridized carbons (Fsp3) is 0.0833. The Morgan fingerprint density at radius 2 is 1.00 bits per heavy atom. The van der Waals surface area contributed by atoms with Crippen molar-refractivity contribution in [3.63, 3.8) is 0 Å². The second-order valence-corrected chi connectivity index (χ2v) is 7.60. The minimum atomic E-state index is -4.49. The zero-order valence-corrected chi connectivity index (χ0v) is 17.7. The number of hydrogen-bond donors (Lipinski definition) is 0. The van der Waals surface area contributed by atoms with E-state index in [0.29, 0.717) is 11.1 Å². The van der Waals surface area contributed by atoms with Gasteiger partial charge in [0.2, 0.25) is 5.71 Å². The summed E-state index contributed by atoms with van der Waals surface area (Å²) in [5.41, 5.74) is 0.531. The van der Waals surface area contributed by atoms with E-state index in [-0.39, 0.29) is 39.9 Å². The van der Waals surface area contributed by atoms with E-state index in [1.165, 1.54) is 36.7 Å². The molecule has 0 atom stereocenters. The highest BCUT2D eigenvalue weighted by Crippen LogP contribution is 2.36. The number of benzene rings is 2. The molecule has 178 valence electrons. The van der Waals surface area contributed by atoms with Crippen LogP contribution in [0.25, 0.3) is 38.9 Å². The number of alkyl halides is 6. The van der Waals surface area contributed by atoms with Crippen LogP contribution in [0.5, 0.6) is 0 Å². The first-order valence-corrected chi connectivity index (χ1v) is 10.1. The molecule has 0 spiro atoms. The monoisotopic (exact) mass is 496 g/mol. The number of hydrogen-bond acceptors (Lipinski definition) is 5. The quantitative estimate of drug-likeness (QED) is 0.164. The van der Waals surface area contributed by atoms with E-state index in [0.717, 1.165) is 24.3 Å². The first-order chi connectivity index (χ1) is 17.1. The molecule has 12 heteroatoms. The Morgan fingerprint density at radius 3 is 1.33 bits per heavy atom. The molecule has 36 heavy (non-hydrogen) atoms. The number of fused-ring (bicyclic) bond motifs is 3. The summed E-state index contributed by atoms with van der Waals surface area (Å²) < 4.78 is 77.4. The van der Waals surface area contributed by atoms with Gasteiger partial charge in [-0.2, -0.15) is 32.9 Å². The molecule has 4 aromatic rings. The Morgan fingerprint density at radius 1 is 0.611 bits per heavy atom. The van der Waals surface area contributed by atoms with Crippen LogP contribution in [0.15, 0.2) is 66.0 Å². The molecule has 2 aromatic carbocycles. The zero-order chi connectivity index (χ0) is 25.7. The average Bonchev–Trinajstić information content (AvgIpc) is 3.16. The lowest BCUT2D eigenvalue weighted by Gasteiger charge is -2.09. The van der Waals surface area contributed by atoms with Crippen LogP contribution in [-0.2, 0) is 12.4 Å². The summed E-state index contributed by atoms with van der Waals surface area (Å²) in [5.74, 6) is 0. The molecule has 2 heterocycles. The molecular weight excluding hydrogens is 486 g/mol. The predicted octanol–water partition coefficient (Wildman–Crippen LogP) is 6.29. The van der Waals surface area contributed by atoms with Gasteiger partial charge in [0, 0.05) is 11.1 Å². The van der Waals surface area contributed by atoms with E-state index in [1.807, 2.05) is 0 Å². The van der Waals surface area contributed by atoms with Crippen molar-refractivity contribution in [2.24, 2.45) is 5.10 Å². The van der Waals surface area contributed by atoms with Gasteiger partial charge in [-0.1, -0.05) is 24.3 Å². The third kappa shape index (κ3) is 4.04. The van der Waals surface area contributed by atoms with Crippen molar-refractivity contribution in [2.45, 2.75) is 12.4 Å². The second kappa shape index (κ2) is 8.23. The number of aromatic nitrogens is 4. The third-order valence-corrected chi connectivity index (χ3v) is 5.38. The molecule has 5 rings (SSSR count). The predicted molar refractivity (Wildman–Crippen MR) is 116 cm³/mol. The van der Waals surface area contributed by atoms with Gasteiger partial charge in [-0.3, -0.25) is 0 Å². The molecule has 0 N–H and O–H groups in total. The van der Waals surface area contributed by atoms with E-state index in [4.69, 9.17) is 6.57 Å². The van der Waals surface area contributed by atoms with Crippen LogP contribution >= 0.6 is 0 Å². The molecule has 1 aliphatic carbocycles. The summed E-state index contributed by atoms with van der Waals surface area (Å²) in [7, 11) is 0. The zero-order valence-electron chi connectivity index (χ0n) is 17.7. The highest BCUT2D eigenvalue weighted by atomic mass is 19.4. The van der Waals surface area contributed by atoms with Crippen LogP contribution < -0.4 is 0 Å². The number of rotatable bonds is 2. The molecule has 6 nitrogen and oxygen atoms in total. The smallest absolute Gasteiger partial charge is 0.250 e. The molecular formula is C24H10F6N6. The lowest BCUT2D eigenvalue weighted by atomic mass is 10.1. The van der Waals surface area contributed by atoms with Gasteiger partial charge in [-0.25, -0.2) is 19.9 Å². The van der Waals surface area contributed by atoms with Crippen molar-refractivity contribution in [3.8, 4) is 33.9 Å². The molecule has 0 saturated carbocycles. The first kappa shape index (κ1) is 23.1. The molecule has 0 aliphatic heterocycles. The molecule has 2 aromatic heterocycles. The van der Waals surface area contributed by atoms with Crippen LogP contribution in [0.2, 0.25) is 0 Å². The van der Waals surface area contributed by atoms with Gasteiger partial charge in [0.25, 0.3) is 0 Å². The molecule has 0 unspecified atom stereocenters. The molecule has 0 fully saturated rings. The van der Waals surface area contributed by atoms with Gasteiger partial charge in [0.05, 0.1) is 40.0 Å². The Balaban J connectivity index is 1.59. The highest BCUT2D eigenvalue weighted by Gasteiger charge is 2.35. The molecule has 1 aliphatic rings. The minimum absolute atomic E-state index is 0.118. The minimum Gasteiger partial charge on any atom is -0.250 e. The van der Waals surface area contributed by atoms with Crippen molar-refractivity contribution in [1.82, 2.24) is 19.9 Å². The standard InChI is InChI=1S/C24H10F6N6/c1-31-36-22-18-20(34-16(10-32-18)12-2-6-14(7-3-12)23(25,26)27)21-19(22)33-11-17(35-21)13-4-8-15(9-5-13)24(28,29)30/h2-11H. The van der Waals surface area contributed by atoms with Gasteiger partial charge in [0.1, 0.15) is 22.8 Å². The normalized spacial score (nSPS) is 12.6.